The Hall–Kier alpha value is -0.680. The molecule has 2 fully saturated rings. The third-order valence-corrected chi connectivity index (χ3v) is 5.87. The molecule has 2 aliphatic rings. The summed E-state index contributed by atoms with van der Waals surface area (Å²) < 4.78 is 1.57. The Morgan fingerprint density at radius 1 is 1.40 bits per heavy atom. The number of rotatable bonds is 5. The van der Waals surface area contributed by atoms with Crippen molar-refractivity contribution >= 4 is 29.1 Å². The van der Waals surface area contributed by atoms with Crippen molar-refractivity contribution in [3.05, 3.63) is 21.6 Å². The maximum absolute atomic E-state index is 12.4. The van der Waals surface area contributed by atoms with Crippen molar-refractivity contribution in [1.82, 2.24) is 9.78 Å². The van der Waals surface area contributed by atoms with Crippen molar-refractivity contribution in [3.8, 4) is 0 Å². The number of nitrogens with zero attached hydrogens (tertiary/aromatic N) is 2. The molecule has 6 heteroatoms. The molecule has 0 aromatic carbocycles. The van der Waals surface area contributed by atoms with Gasteiger partial charge in [0.05, 0.1) is 11.2 Å². The lowest BCUT2D eigenvalue weighted by Gasteiger charge is -2.25. The molecule has 1 unspecified atom stereocenters. The van der Waals surface area contributed by atoms with Crippen LogP contribution in [0.1, 0.15) is 32.1 Å². The summed E-state index contributed by atoms with van der Waals surface area (Å²) in [6.07, 6.45) is 7.77. The van der Waals surface area contributed by atoms with Crippen LogP contribution in [0.2, 0.25) is 5.02 Å². The third-order valence-electron chi connectivity index (χ3n) is 4.18. The lowest BCUT2D eigenvalue weighted by Crippen LogP contribution is -2.31. The fourth-order valence-corrected chi connectivity index (χ4v) is 4.09. The highest BCUT2D eigenvalue weighted by molar-refractivity contribution is 8.00. The highest BCUT2D eigenvalue weighted by Crippen LogP contribution is 2.28. The summed E-state index contributed by atoms with van der Waals surface area (Å²) in [6, 6.07) is 0. The molecule has 1 aliphatic carbocycles. The highest BCUT2D eigenvalue weighted by atomic mass is 35.5. The highest BCUT2D eigenvalue weighted by Gasteiger charge is 2.21. The zero-order valence-corrected chi connectivity index (χ0v) is 13.1. The molecule has 0 radical (unpaired) electrons. The lowest BCUT2D eigenvalue weighted by molar-refractivity contribution is 0.262. The normalized spacial score (nSPS) is 22.8. The van der Waals surface area contributed by atoms with E-state index in [9.17, 15) is 4.79 Å². The zero-order valence-electron chi connectivity index (χ0n) is 11.5. The van der Waals surface area contributed by atoms with Gasteiger partial charge in [-0.2, -0.15) is 16.9 Å². The second-order valence-electron chi connectivity index (χ2n) is 5.67. The first kappa shape index (κ1) is 14.3. The summed E-state index contributed by atoms with van der Waals surface area (Å²) in [5.41, 5.74) is 0.445. The third kappa shape index (κ3) is 3.14. The molecule has 0 bridgehead atoms. The molecular weight excluding hydrogens is 294 g/mol. The lowest BCUT2D eigenvalue weighted by atomic mass is 9.85. The molecule has 1 aromatic rings. The summed E-state index contributed by atoms with van der Waals surface area (Å²) in [6.45, 7) is 1.54. The number of aromatic nitrogens is 2. The first-order valence-electron chi connectivity index (χ1n) is 7.35. The van der Waals surface area contributed by atoms with Crippen LogP contribution >= 0.6 is 23.4 Å². The van der Waals surface area contributed by atoms with E-state index in [-0.39, 0.29) is 5.56 Å². The Kier molecular flexibility index (Phi) is 4.56. The van der Waals surface area contributed by atoms with Crippen LogP contribution < -0.4 is 10.9 Å². The fraction of sp³-hybridized carbons (Fsp3) is 0.714. The van der Waals surface area contributed by atoms with Crippen LogP contribution in [0.4, 0.5) is 5.69 Å². The van der Waals surface area contributed by atoms with Crippen molar-refractivity contribution in [2.75, 3.05) is 17.6 Å². The Labute approximate surface area is 128 Å². The van der Waals surface area contributed by atoms with Gasteiger partial charge in [0.2, 0.25) is 0 Å². The first-order chi connectivity index (χ1) is 9.74. The van der Waals surface area contributed by atoms with E-state index in [2.05, 4.69) is 10.4 Å². The molecule has 2 heterocycles. The van der Waals surface area contributed by atoms with E-state index in [1.54, 1.807) is 10.9 Å². The molecule has 1 aromatic heterocycles. The van der Waals surface area contributed by atoms with Crippen LogP contribution in [-0.2, 0) is 6.54 Å². The SMILES string of the molecule is O=c1c(NCC2CCCS2)c(Cl)cnn1CC1CCC1. The monoisotopic (exact) mass is 313 g/mol. The minimum absolute atomic E-state index is 0.0765. The maximum atomic E-state index is 12.4. The molecule has 0 amide bonds. The predicted molar refractivity (Wildman–Crippen MR) is 84.8 cm³/mol. The molecule has 1 N–H and O–H groups in total. The standard InChI is InChI=1S/C14H20ClN3OS/c15-12-8-17-18(9-10-3-1-4-10)14(19)13(12)16-7-11-5-2-6-20-11/h8,10-11,16H,1-7,9H2. The van der Waals surface area contributed by atoms with Crippen molar-refractivity contribution in [2.24, 2.45) is 5.92 Å². The number of halogens is 1. The minimum Gasteiger partial charge on any atom is -0.378 e. The molecule has 1 aliphatic heterocycles. The molecule has 20 heavy (non-hydrogen) atoms. The van der Waals surface area contributed by atoms with Crippen molar-refractivity contribution in [1.29, 1.82) is 0 Å². The minimum atomic E-state index is -0.0765. The van der Waals surface area contributed by atoms with Crippen LogP contribution in [-0.4, -0.2) is 27.3 Å². The molecule has 1 saturated heterocycles. The Balaban J connectivity index is 1.70. The van der Waals surface area contributed by atoms with E-state index in [0.29, 0.717) is 21.9 Å². The van der Waals surface area contributed by atoms with Gasteiger partial charge in [0.25, 0.3) is 5.56 Å². The molecule has 1 atom stereocenters. The van der Waals surface area contributed by atoms with Gasteiger partial charge >= 0.3 is 0 Å². The Morgan fingerprint density at radius 3 is 2.90 bits per heavy atom. The summed E-state index contributed by atoms with van der Waals surface area (Å²) in [5, 5.41) is 8.44. The van der Waals surface area contributed by atoms with Gasteiger partial charge in [-0.1, -0.05) is 18.0 Å². The second-order valence-corrected chi connectivity index (χ2v) is 7.48. The quantitative estimate of drug-likeness (QED) is 0.907. The van der Waals surface area contributed by atoms with E-state index in [1.807, 2.05) is 11.8 Å². The maximum Gasteiger partial charge on any atom is 0.291 e. The smallest absolute Gasteiger partial charge is 0.291 e. The van der Waals surface area contributed by atoms with Crippen molar-refractivity contribution < 1.29 is 0 Å². The Morgan fingerprint density at radius 2 is 2.25 bits per heavy atom. The fourth-order valence-electron chi connectivity index (χ4n) is 2.70. The van der Waals surface area contributed by atoms with E-state index in [0.717, 1.165) is 13.1 Å². The number of hydrogen-bond donors (Lipinski definition) is 1. The zero-order chi connectivity index (χ0) is 13.9. The number of hydrogen-bond acceptors (Lipinski definition) is 4. The topological polar surface area (TPSA) is 46.9 Å². The van der Waals surface area contributed by atoms with Gasteiger partial charge in [0.15, 0.2) is 0 Å². The van der Waals surface area contributed by atoms with Gasteiger partial charge in [0.1, 0.15) is 5.69 Å². The first-order valence-corrected chi connectivity index (χ1v) is 8.78. The summed E-state index contributed by atoms with van der Waals surface area (Å²) >= 11 is 8.10. The van der Waals surface area contributed by atoms with E-state index >= 15 is 0 Å². The summed E-state index contributed by atoms with van der Waals surface area (Å²) in [7, 11) is 0. The number of thioether (sulfide) groups is 1. The largest absolute Gasteiger partial charge is 0.378 e. The van der Waals surface area contributed by atoms with Crippen LogP contribution in [0.25, 0.3) is 0 Å². The van der Waals surface area contributed by atoms with Gasteiger partial charge < -0.3 is 5.32 Å². The van der Waals surface area contributed by atoms with Crippen molar-refractivity contribution in [2.45, 2.75) is 43.9 Å². The van der Waals surface area contributed by atoms with Crippen molar-refractivity contribution in [3.63, 3.8) is 0 Å². The van der Waals surface area contributed by atoms with E-state index in [1.165, 1.54) is 37.9 Å². The van der Waals surface area contributed by atoms with Gasteiger partial charge in [-0.25, -0.2) is 4.68 Å². The molecule has 1 saturated carbocycles. The summed E-state index contributed by atoms with van der Waals surface area (Å²) in [4.78, 5) is 12.4. The van der Waals surface area contributed by atoms with Gasteiger partial charge in [0, 0.05) is 18.3 Å². The molecule has 3 rings (SSSR count). The molecule has 4 nitrogen and oxygen atoms in total. The van der Waals surface area contributed by atoms with Crippen LogP contribution in [0.5, 0.6) is 0 Å². The average Bonchev–Trinajstić information content (AvgIpc) is 2.89. The van der Waals surface area contributed by atoms with Crippen LogP contribution in [0.15, 0.2) is 11.0 Å². The second kappa shape index (κ2) is 6.39. The molecule has 110 valence electrons. The Bertz CT molecular complexity index is 524. The van der Waals surface area contributed by atoms with Gasteiger partial charge in [-0.3, -0.25) is 4.79 Å². The predicted octanol–water partition coefficient (Wildman–Crippen LogP) is 3.00. The molecular formula is C14H20ClN3OS. The van der Waals surface area contributed by atoms with E-state index < -0.39 is 0 Å². The molecule has 0 spiro atoms. The summed E-state index contributed by atoms with van der Waals surface area (Å²) in [5.74, 6) is 1.84. The van der Waals surface area contributed by atoms with Gasteiger partial charge in [-0.15, -0.1) is 0 Å². The van der Waals surface area contributed by atoms with E-state index in [4.69, 9.17) is 11.6 Å². The average molecular weight is 314 g/mol. The van der Waals surface area contributed by atoms with Gasteiger partial charge in [-0.05, 0) is 37.4 Å². The van der Waals surface area contributed by atoms with Crippen LogP contribution in [0.3, 0.4) is 0 Å². The number of anilines is 1. The van der Waals surface area contributed by atoms with Crippen LogP contribution in [0, 0.1) is 5.92 Å². The number of nitrogens with one attached hydrogen (secondary N) is 1.